The number of nitrogens with one attached hydrogen (secondary N) is 2. The average molecular weight is 263 g/mol. The molecular formula is C11H17N7O. The lowest BCUT2D eigenvalue weighted by Crippen LogP contribution is -2.12. The van der Waals surface area contributed by atoms with Crippen molar-refractivity contribution in [2.45, 2.75) is 6.42 Å². The molecule has 19 heavy (non-hydrogen) atoms. The molecule has 2 N–H and O–H groups in total. The number of anilines is 2. The van der Waals surface area contributed by atoms with Gasteiger partial charge in [-0.2, -0.15) is 20.1 Å². The molecule has 8 nitrogen and oxygen atoms in total. The molecule has 0 aromatic carbocycles. The monoisotopic (exact) mass is 263 g/mol. The number of ether oxygens (including phenoxy) is 1. The van der Waals surface area contributed by atoms with Gasteiger partial charge in [0.05, 0.1) is 7.11 Å². The van der Waals surface area contributed by atoms with Crippen LogP contribution in [0.15, 0.2) is 12.3 Å². The Morgan fingerprint density at radius 2 is 2.05 bits per heavy atom. The van der Waals surface area contributed by atoms with Gasteiger partial charge in [-0.25, -0.2) is 0 Å². The molecular weight excluding hydrogens is 246 g/mol. The van der Waals surface area contributed by atoms with E-state index >= 15 is 0 Å². The van der Waals surface area contributed by atoms with Crippen LogP contribution in [0.3, 0.4) is 0 Å². The van der Waals surface area contributed by atoms with Crippen LogP contribution in [0.25, 0.3) is 0 Å². The highest BCUT2D eigenvalue weighted by Gasteiger charge is 2.05. The summed E-state index contributed by atoms with van der Waals surface area (Å²) in [5.74, 6) is 0.952. The first-order valence-corrected chi connectivity index (χ1v) is 5.91. The molecule has 0 saturated heterocycles. The Bertz CT molecular complexity index is 517. The highest BCUT2D eigenvalue weighted by Crippen LogP contribution is 2.10. The summed E-state index contributed by atoms with van der Waals surface area (Å²) in [4.78, 5) is 12.4. The summed E-state index contributed by atoms with van der Waals surface area (Å²) in [7, 11) is 5.18. The van der Waals surface area contributed by atoms with E-state index in [2.05, 4.69) is 30.7 Å². The van der Waals surface area contributed by atoms with Gasteiger partial charge in [0.25, 0.3) is 0 Å². The number of hydrogen-bond acceptors (Lipinski definition) is 7. The van der Waals surface area contributed by atoms with Gasteiger partial charge >= 0.3 is 6.01 Å². The first kappa shape index (κ1) is 13.1. The van der Waals surface area contributed by atoms with Gasteiger partial charge in [-0.05, 0) is 6.07 Å². The molecule has 0 saturated carbocycles. The molecule has 0 bridgehead atoms. The van der Waals surface area contributed by atoms with Gasteiger partial charge in [-0.15, -0.1) is 0 Å². The van der Waals surface area contributed by atoms with Gasteiger partial charge in [0.2, 0.25) is 11.9 Å². The molecule has 0 fully saturated rings. The van der Waals surface area contributed by atoms with Crippen LogP contribution in [-0.4, -0.2) is 45.4 Å². The van der Waals surface area contributed by atoms with E-state index in [1.54, 1.807) is 13.2 Å². The van der Waals surface area contributed by atoms with Crippen LogP contribution in [0.5, 0.6) is 6.01 Å². The SMILES string of the molecule is CNc1nc(NCCc2ccnn2C)nc(OC)n1. The van der Waals surface area contributed by atoms with Crippen LogP contribution in [0.2, 0.25) is 0 Å². The minimum atomic E-state index is 0.280. The van der Waals surface area contributed by atoms with Crippen molar-refractivity contribution in [1.29, 1.82) is 0 Å². The van der Waals surface area contributed by atoms with Crippen LogP contribution in [0.4, 0.5) is 11.9 Å². The summed E-state index contributed by atoms with van der Waals surface area (Å²) >= 11 is 0. The molecule has 0 radical (unpaired) electrons. The fraction of sp³-hybridized carbons (Fsp3) is 0.455. The molecule has 0 atom stereocenters. The Labute approximate surface area is 111 Å². The van der Waals surface area contributed by atoms with E-state index in [4.69, 9.17) is 4.74 Å². The second-order valence-corrected chi connectivity index (χ2v) is 3.84. The zero-order valence-corrected chi connectivity index (χ0v) is 11.2. The molecule has 0 spiro atoms. The maximum atomic E-state index is 5.01. The van der Waals surface area contributed by atoms with Crippen LogP contribution >= 0.6 is 0 Å². The van der Waals surface area contributed by atoms with Crippen LogP contribution < -0.4 is 15.4 Å². The minimum absolute atomic E-state index is 0.280. The first-order valence-electron chi connectivity index (χ1n) is 5.91. The molecule has 2 heterocycles. The standard InChI is InChI=1S/C11H17N7O/c1-12-9-15-10(17-11(16-9)19-3)13-6-4-8-5-7-14-18(8)2/h5,7H,4,6H2,1-3H3,(H2,12,13,15,16,17). The molecule has 0 aliphatic heterocycles. The van der Waals surface area contributed by atoms with E-state index in [1.165, 1.54) is 7.11 Å². The molecule has 2 rings (SSSR count). The van der Waals surface area contributed by atoms with Crippen molar-refractivity contribution < 1.29 is 4.74 Å². The zero-order chi connectivity index (χ0) is 13.7. The maximum Gasteiger partial charge on any atom is 0.322 e. The number of hydrogen-bond donors (Lipinski definition) is 2. The Balaban J connectivity index is 1.97. The Morgan fingerprint density at radius 3 is 2.68 bits per heavy atom. The predicted molar refractivity (Wildman–Crippen MR) is 71.3 cm³/mol. The lowest BCUT2D eigenvalue weighted by molar-refractivity contribution is 0.379. The van der Waals surface area contributed by atoms with Crippen molar-refractivity contribution in [1.82, 2.24) is 24.7 Å². The van der Waals surface area contributed by atoms with Crippen molar-refractivity contribution in [3.63, 3.8) is 0 Å². The zero-order valence-electron chi connectivity index (χ0n) is 11.2. The largest absolute Gasteiger partial charge is 0.467 e. The Kier molecular flexibility index (Phi) is 4.11. The molecule has 2 aromatic rings. The second-order valence-electron chi connectivity index (χ2n) is 3.84. The molecule has 0 aliphatic carbocycles. The molecule has 0 amide bonds. The van der Waals surface area contributed by atoms with Gasteiger partial charge in [0, 0.05) is 39.0 Å². The summed E-state index contributed by atoms with van der Waals surface area (Å²) in [5, 5.41) is 10.1. The second kappa shape index (κ2) is 5.98. The van der Waals surface area contributed by atoms with E-state index < -0.39 is 0 Å². The van der Waals surface area contributed by atoms with E-state index in [0.29, 0.717) is 18.4 Å². The third kappa shape index (κ3) is 3.30. The van der Waals surface area contributed by atoms with Gasteiger partial charge < -0.3 is 15.4 Å². The van der Waals surface area contributed by atoms with Crippen molar-refractivity contribution in [3.05, 3.63) is 18.0 Å². The fourth-order valence-electron chi connectivity index (χ4n) is 1.59. The topological polar surface area (TPSA) is 89.8 Å². The maximum absolute atomic E-state index is 5.01. The summed E-state index contributed by atoms with van der Waals surface area (Å²) in [6.07, 6.45) is 2.61. The summed E-state index contributed by atoms with van der Waals surface area (Å²) in [6, 6.07) is 2.26. The van der Waals surface area contributed by atoms with Gasteiger partial charge in [-0.3, -0.25) is 4.68 Å². The van der Waals surface area contributed by atoms with Crippen LogP contribution in [0.1, 0.15) is 5.69 Å². The van der Waals surface area contributed by atoms with E-state index in [9.17, 15) is 0 Å². The number of aryl methyl sites for hydroxylation is 1. The fourth-order valence-corrected chi connectivity index (χ4v) is 1.59. The molecule has 0 aliphatic rings. The summed E-state index contributed by atoms with van der Waals surface area (Å²) < 4.78 is 6.85. The quantitative estimate of drug-likeness (QED) is 0.775. The number of methoxy groups -OCH3 is 1. The third-order valence-corrected chi connectivity index (χ3v) is 2.61. The van der Waals surface area contributed by atoms with Gasteiger partial charge in [-0.1, -0.05) is 0 Å². The smallest absolute Gasteiger partial charge is 0.322 e. The van der Waals surface area contributed by atoms with Crippen molar-refractivity contribution >= 4 is 11.9 Å². The number of nitrogens with zero attached hydrogens (tertiary/aromatic N) is 5. The number of rotatable bonds is 6. The molecule has 0 unspecified atom stereocenters. The normalized spacial score (nSPS) is 10.3. The van der Waals surface area contributed by atoms with E-state index in [0.717, 1.165) is 12.1 Å². The molecule has 2 aromatic heterocycles. The van der Waals surface area contributed by atoms with Crippen molar-refractivity contribution in [2.24, 2.45) is 7.05 Å². The highest BCUT2D eigenvalue weighted by atomic mass is 16.5. The lowest BCUT2D eigenvalue weighted by atomic mass is 10.3. The summed E-state index contributed by atoms with van der Waals surface area (Å²) in [6.45, 7) is 0.704. The highest BCUT2D eigenvalue weighted by molar-refractivity contribution is 5.35. The minimum Gasteiger partial charge on any atom is -0.467 e. The number of aromatic nitrogens is 5. The third-order valence-electron chi connectivity index (χ3n) is 2.61. The predicted octanol–water partition coefficient (Wildman–Crippen LogP) is 0.310. The Morgan fingerprint density at radius 1 is 1.26 bits per heavy atom. The van der Waals surface area contributed by atoms with Crippen LogP contribution in [0, 0.1) is 0 Å². The van der Waals surface area contributed by atoms with Crippen molar-refractivity contribution in [3.8, 4) is 6.01 Å². The molecule has 8 heteroatoms. The Hall–Kier alpha value is -2.38. The van der Waals surface area contributed by atoms with Gasteiger partial charge in [0.15, 0.2) is 0 Å². The lowest BCUT2D eigenvalue weighted by Gasteiger charge is -2.07. The van der Waals surface area contributed by atoms with Gasteiger partial charge in [0.1, 0.15) is 0 Å². The van der Waals surface area contributed by atoms with E-state index in [1.807, 2.05) is 17.8 Å². The first-order chi connectivity index (χ1) is 9.22. The van der Waals surface area contributed by atoms with Crippen LogP contribution in [-0.2, 0) is 13.5 Å². The van der Waals surface area contributed by atoms with E-state index in [-0.39, 0.29) is 6.01 Å². The average Bonchev–Trinajstić information content (AvgIpc) is 2.84. The molecule has 102 valence electrons. The summed E-state index contributed by atoms with van der Waals surface area (Å²) in [5.41, 5.74) is 1.14. The van der Waals surface area contributed by atoms with Crippen molar-refractivity contribution in [2.75, 3.05) is 31.3 Å².